The van der Waals surface area contributed by atoms with Crippen LogP contribution in [0.4, 0.5) is 0 Å². The minimum Gasteiger partial charge on any atom is -0.353 e. The Morgan fingerprint density at radius 2 is 2.12 bits per heavy atom. The second kappa shape index (κ2) is 6.61. The number of carbonyl (C=O) groups is 1. The highest BCUT2D eigenvalue weighted by molar-refractivity contribution is 5.98. The van der Waals surface area contributed by atoms with Crippen molar-refractivity contribution in [1.29, 1.82) is 0 Å². The molecule has 0 bridgehead atoms. The number of hydrogen-bond acceptors (Lipinski definition) is 3. The van der Waals surface area contributed by atoms with Gasteiger partial charge in [-0.1, -0.05) is 21.3 Å². The summed E-state index contributed by atoms with van der Waals surface area (Å²) in [4.78, 5) is 20.0. The van der Waals surface area contributed by atoms with E-state index < -0.39 is 0 Å². The van der Waals surface area contributed by atoms with Gasteiger partial charge in [-0.25, -0.2) is 5.48 Å². The van der Waals surface area contributed by atoms with Crippen molar-refractivity contribution in [3.05, 3.63) is 41.1 Å². The van der Waals surface area contributed by atoms with E-state index in [1.54, 1.807) is 6.07 Å². The van der Waals surface area contributed by atoms with E-state index in [-0.39, 0.29) is 13.3 Å². The summed E-state index contributed by atoms with van der Waals surface area (Å²) < 4.78 is 0. The normalized spacial score (nSPS) is 15.3. The zero-order valence-electron chi connectivity index (χ0n) is 14.7. The fourth-order valence-electron chi connectivity index (χ4n) is 3.62. The zero-order chi connectivity index (χ0) is 17.6. The third kappa shape index (κ3) is 3.12. The van der Waals surface area contributed by atoms with Crippen molar-refractivity contribution < 1.29 is 9.63 Å². The van der Waals surface area contributed by atoms with Gasteiger partial charge in [-0.05, 0) is 48.9 Å². The van der Waals surface area contributed by atoms with Crippen LogP contribution in [-0.2, 0) is 17.7 Å². The van der Waals surface area contributed by atoms with Crippen molar-refractivity contribution in [3.63, 3.8) is 0 Å². The van der Waals surface area contributed by atoms with Crippen molar-refractivity contribution >= 4 is 16.8 Å². The molecule has 6 heteroatoms. The molecule has 2 aromatic heterocycles. The lowest BCUT2D eigenvalue weighted by atomic mass is 9.76. The van der Waals surface area contributed by atoms with E-state index in [0.717, 1.165) is 41.6 Å². The third-order valence-corrected chi connectivity index (χ3v) is 4.99. The van der Waals surface area contributed by atoms with Gasteiger partial charge in [-0.15, -0.1) is 0 Å². The first kappa shape index (κ1) is 18.2. The second-order valence-electron chi connectivity index (χ2n) is 7.49. The summed E-state index contributed by atoms with van der Waals surface area (Å²) >= 11 is 0. The number of benzene rings is 1. The van der Waals surface area contributed by atoms with E-state index in [9.17, 15) is 4.79 Å². The van der Waals surface area contributed by atoms with Crippen LogP contribution >= 0.6 is 0 Å². The topological polar surface area (TPSA) is 82.8 Å². The minimum atomic E-state index is -0.258. The SMILES string of the molecule is C.CONC(=O)c1ccc2[nH]c(-c3n[nH]c4c3CCC(C)(C)C4)cc2c1. The summed E-state index contributed by atoms with van der Waals surface area (Å²) in [6.07, 6.45) is 3.22. The molecule has 0 unspecified atom stereocenters. The van der Waals surface area contributed by atoms with E-state index in [1.807, 2.05) is 12.1 Å². The number of aromatic amines is 2. The molecule has 1 amide bonds. The summed E-state index contributed by atoms with van der Waals surface area (Å²) in [5.74, 6) is -0.258. The molecule has 0 radical (unpaired) electrons. The van der Waals surface area contributed by atoms with Crippen LogP contribution in [0.3, 0.4) is 0 Å². The van der Waals surface area contributed by atoms with Crippen LogP contribution in [0.2, 0.25) is 0 Å². The van der Waals surface area contributed by atoms with E-state index in [2.05, 4.69) is 40.6 Å². The van der Waals surface area contributed by atoms with Crippen LogP contribution in [0.5, 0.6) is 0 Å². The Labute approximate surface area is 153 Å². The van der Waals surface area contributed by atoms with Gasteiger partial charge in [-0.3, -0.25) is 14.7 Å². The van der Waals surface area contributed by atoms with Gasteiger partial charge >= 0.3 is 0 Å². The van der Waals surface area contributed by atoms with Crippen LogP contribution in [0.15, 0.2) is 24.3 Å². The number of carbonyl (C=O) groups excluding carboxylic acids is 1. The number of H-pyrrole nitrogens is 2. The van der Waals surface area contributed by atoms with E-state index in [0.29, 0.717) is 11.0 Å². The predicted octanol–water partition coefficient (Wildman–Crippen LogP) is 4.00. The van der Waals surface area contributed by atoms with Crippen molar-refractivity contribution in [3.8, 4) is 11.4 Å². The molecule has 4 rings (SSSR count). The number of nitrogens with zero attached hydrogens (tertiary/aromatic N) is 1. The third-order valence-electron chi connectivity index (χ3n) is 4.99. The molecule has 3 aromatic rings. The molecule has 0 atom stereocenters. The Morgan fingerprint density at radius 1 is 1.31 bits per heavy atom. The van der Waals surface area contributed by atoms with Gasteiger partial charge in [0.1, 0.15) is 5.69 Å². The average molecular weight is 354 g/mol. The van der Waals surface area contributed by atoms with Gasteiger partial charge in [0.15, 0.2) is 0 Å². The summed E-state index contributed by atoms with van der Waals surface area (Å²) in [6.45, 7) is 4.60. The zero-order valence-corrected chi connectivity index (χ0v) is 14.7. The largest absolute Gasteiger partial charge is 0.353 e. The van der Waals surface area contributed by atoms with Gasteiger partial charge in [0.25, 0.3) is 5.91 Å². The number of hydroxylamine groups is 1. The molecule has 6 nitrogen and oxygen atoms in total. The van der Waals surface area contributed by atoms with Crippen molar-refractivity contribution in [2.75, 3.05) is 7.11 Å². The van der Waals surface area contributed by atoms with E-state index >= 15 is 0 Å². The second-order valence-corrected chi connectivity index (χ2v) is 7.49. The molecule has 138 valence electrons. The van der Waals surface area contributed by atoms with Gasteiger partial charge < -0.3 is 4.98 Å². The van der Waals surface area contributed by atoms with Crippen molar-refractivity contribution in [2.24, 2.45) is 5.41 Å². The Bertz CT molecular complexity index is 952. The number of nitrogens with one attached hydrogen (secondary N) is 3. The van der Waals surface area contributed by atoms with Crippen LogP contribution in [0.1, 0.15) is 49.3 Å². The summed E-state index contributed by atoms with van der Waals surface area (Å²) in [5.41, 5.74) is 8.73. The summed E-state index contributed by atoms with van der Waals surface area (Å²) in [7, 11) is 1.42. The smallest absolute Gasteiger partial charge is 0.274 e. The maximum absolute atomic E-state index is 11.9. The molecule has 0 saturated carbocycles. The molecule has 0 fully saturated rings. The first-order valence-corrected chi connectivity index (χ1v) is 8.49. The van der Waals surface area contributed by atoms with Crippen LogP contribution in [0.25, 0.3) is 22.3 Å². The van der Waals surface area contributed by atoms with Crippen LogP contribution in [0, 0.1) is 5.41 Å². The summed E-state index contributed by atoms with van der Waals surface area (Å²) in [5, 5.41) is 8.76. The lowest BCUT2D eigenvalue weighted by molar-refractivity contribution is 0.0538. The van der Waals surface area contributed by atoms with E-state index in [1.165, 1.54) is 18.4 Å². The highest BCUT2D eigenvalue weighted by atomic mass is 16.6. The van der Waals surface area contributed by atoms with Crippen molar-refractivity contribution in [1.82, 2.24) is 20.7 Å². The highest BCUT2D eigenvalue weighted by Crippen LogP contribution is 2.38. The Kier molecular flexibility index (Phi) is 4.63. The molecule has 1 aliphatic rings. The standard InChI is InChI=1S/C19H22N4O2.CH4/c1-19(2)7-6-13-16(10-19)21-22-17(13)15-9-12-8-11(18(24)23-25-3)4-5-14(12)20-15;/h4-5,8-9,20H,6-7,10H2,1-3H3,(H,21,22)(H,23,24);1H4. The van der Waals surface area contributed by atoms with Gasteiger partial charge in [-0.2, -0.15) is 5.10 Å². The van der Waals surface area contributed by atoms with E-state index in [4.69, 9.17) is 4.84 Å². The molecule has 0 saturated heterocycles. The van der Waals surface area contributed by atoms with Crippen LogP contribution in [-0.4, -0.2) is 28.2 Å². The molecule has 0 spiro atoms. The highest BCUT2D eigenvalue weighted by Gasteiger charge is 2.29. The Hall–Kier alpha value is -2.60. The fraction of sp³-hybridized carbons (Fsp3) is 0.400. The summed E-state index contributed by atoms with van der Waals surface area (Å²) in [6, 6.07) is 7.59. The molecule has 3 N–H and O–H groups in total. The minimum absolute atomic E-state index is 0. The number of amides is 1. The molecular formula is C20H26N4O2. The van der Waals surface area contributed by atoms with Gasteiger partial charge in [0, 0.05) is 27.7 Å². The number of fused-ring (bicyclic) bond motifs is 2. The molecule has 1 aliphatic carbocycles. The number of hydrogen-bond donors (Lipinski definition) is 3. The molecule has 1 aromatic carbocycles. The molecule has 2 heterocycles. The Morgan fingerprint density at radius 3 is 2.88 bits per heavy atom. The average Bonchev–Trinajstić information content (AvgIpc) is 3.16. The quantitative estimate of drug-likeness (QED) is 0.622. The maximum Gasteiger partial charge on any atom is 0.274 e. The lowest BCUT2D eigenvalue weighted by Gasteiger charge is -2.28. The first-order valence-electron chi connectivity index (χ1n) is 8.49. The maximum atomic E-state index is 11.9. The monoisotopic (exact) mass is 354 g/mol. The number of rotatable bonds is 3. The fourth-order valence-corrected chi connectivity index (χ4v) is 3.62. The Balaban J connectivity index is 0.00000196. The van der Waals surface area contributed by atoms with Crippen LogP contribution < -0.4 is 5.48 Å². The van der Waals surface area contributed by atoms with Crippen molar-refractivity contribution in [2.45, 2.75) is 40.5 Å². The van der Waals surface area contributed by atoms with Gasteiger partial charge in [0.05, 0.1) is 12.8 Å². The van der Waals surface area contributed by atoms with Gasteiger partial charge in [0.2, 0.25) is 0 Å². The number of aromatic nitrogens is 3. The first-order chi connectivity index (χ1) is 12.0. The molecule has 26 heavy (non-hydrogen) atoms. The molecular weight excluding hydrogens is 328 g/mol. The predicted molar refractivity (Wildman–Crippen MR) is 103 cm³/mol. The molecule has 0 aliphatic heterocycles. The lowest BCUT2D eigenvalue weighted by Crippen LogP contribution is -2.21.